The summed E-state index contributed by atoms with van der Waals surface area (Å²) in [6.07, 6.45) is 2.79. The van der Waals surface area contributed by atoms with Gasteiger partial charge in [-0.1, -0.05) is 6.07 Å². The molecule has 1 fully saturated rings. The molecule has 1 aliphatic heterocycles. The quantitative estimate of drug-likeness (QED) is 0.842. The van der Waals surface area contributed by atoms with Gasteiger partial charge in [-0.05, 0) is 45.7 Å². The van der Waals surface area contributed by atoms with E-state index in [2.05, 4.69) is 4.98 Å². The summed E-state index contributed by atoms with van der Waals surface area (Å²) < 4.78 is 17.8. The van der Waals surface area contributed by atoms with Crippen LogP contribution in [0.5, 0.6) is 0 Å². The first-order valence-electron chi connectivity index (χ1n) is 7.16. The van der Waals surface area contributed by atoms with E-state index in [0.717, 1.165) is 0 Å². The molecule has 1 aromatic rings. The molecule has 0 spiro atoms. The van der Waals surface area contributed by atoms with Crippen molar-refractivity contribution in [2.75, 3.05) is 13.1 Å². The molecule has 116 valence electrons. The Morgan fingerprint density at radius 3 is 2.52 bits per heavy atom. The Morgan fingerprint density at radius 1 is 1.33 bits per heavy atom. The zero-order chi connectivity index (χ0) is 15.5. The number of carbonyl (C=O) groups excluding carboxylic acids is 1. The van der Waals surface area contributed by atoms with Gasteiger partial charge in [0, 0.05) is 24.5 Å². The fourth-order valence-corrected chi connectivity index (χ4v) is 3.57. The second kappa shape index (κ2) is 6.56. The highest BCUT2D eigenvalue weighted by atomic mass is 32.2. The van der Waals surface area contributed by atoms with Crippen LogP contribution in [0.2, 0.25) is 0 Å². The molecule has 21 heavy (non-hydrogen) atoms. The lowest BCUT2D eigenvalue weighted by Crippen LogP contribution is -2.43. The van der Waals surface area contributed by atoms with Crippen LogP contribution in [0.25, 0.3) is 0 Å². The second-order valence-corrected chi connectivity index (χ2v) is 7.81. The summed E-state index contributed by atoms with van der Waals surface area (Å²) in [5.74, 6) is 0. The number of aromatic nitrogens is 1. The average Bonchev–Trinajstić information content (AvgIpc) is 2.46. The van der Waals surface area contributed by atoms with Crippen LogP contribution in [-0.4, -0.2) is 44.1 Å². The van der Waals surface area contributed by atoms with E-state index in [1.165, 1.54) is 0 Å². The molecule has 0 N–H and O–H groups in total. The molecule has 0 bridgehead atoms. The minimum atomic E-state index is -1.11. The van der Waals surface area contributed by atoms with Crippen molar-refractivity contribution in [1.29, 1.82) is 0 Å². The number of pyridine rings is 1. The van der Waals surface area contributed by atoms with Crippen LogP contribution in [-0.2, 0) is 15.5 Å². The molecule has 0 unspecified atom stereocenters. The molecule has 0 aromatic carbocycles. The van der Waals surface area contributed by atoms with E-state index in [9.17, 15) is 9.00 Å². The number of hydrogen-bond acceptors (Lipinski definition) is 4. The maximum atomic E-state index is 12.4. The minimum absolute atomic E-state index is 0.0542. The van der Waals surface area contributed by atoms with E-state index >= 15 is 0 Å². The van der Waals surface area contributed by atoms with Crippen molar-refractivity contribution >= 4 is 16.9 Å². The Bertz CT molecular complexity index is 505. The lowest BCUT2D eigenvalue weighted by molar-refractivity contribution is 0.0218. The van der Waals surface area contributed by atoms with Gasteiger partial charge in [-0.15, -0.1) is 0 Å². The fourth-order valence-electron chi connectivity index (χ4n) is 2.22. The molecule has 2 heterocycles. The Hall–Kier alpha value is -1.43. The summed E-state index contributed by atoms with van der Waals surface area (Å²) in [5, 5.41) is 0.673. The van der Waals surface area contributed by atoms with Gasteiger partial charge < -0.3 is 9.64 Å². The number of amides is 1. The van der Waals surface area contributed by atoms with E-state index < -0.39 is 16.4 Å². The maximum Gasteiger partial charge on any atom is 0.410 e. The van der Waals surface area contributed by atoms with E-state index in [4.69, 9.17) is 4.74 Å². The van der Waals surface area contributed by atoms with Gasteiger partial charge in [0.2, 0.25) is 0 Å². The van der Waals surface area contributed by atoms with Crippen LogP contribution >= 0.6 is 0 Å². The van der Waals surface area contributed by atoms with Crippen molar-refractivity contribution in [3.05, 3.63) is 24.4 Å². The first-order valence-corrected chi connectivity index (χ1v) is 8.37. The van der Waals surface area contributed by atoms with Crippen molar-refractivity contribution in [3.8, 4) is 0 Å². The van der Waals surface area contributed by atoms with Gasteiger partial charge in [0.05, 0.1) is 10.8 Å². The highest BCUT2D eigenvalue weighted by Crippen LogP contribution is 2.21. The summed E-state index contributed by atoms with van der Waals surface area (Å²) in [7, 11) is -1.11. The van der Waals surface area contributed by atoms with Gasteiger partial charge in [-0.2, -0.15) is 0 Å². The van der Waals surface area contributed by atoms with Gasteiger partial charge in [0.25, 0.3) is 0 Å². The molecule has 1 atom stereocenters. The maximum absolute atomic E-state index is 12.4. The van der Waals surface area contributed by atoms with Crippen LogP contribution < -0.4 is 0 Å². The van der Waals surface area contributed by atoms with Crippen molar-refractivity contribution in [1.82, 2.24) is 9.88 Å². The van der Waals surface area contributed by atoms with E-state index in [1.54, 1.807) is 17.2 Å². The Kier molecular flexibility index (Phi) is 4.98. The number of carbonyl (C=O) groups is 1. The molecule has 1 amide bonds. The molecular weight excluding hydrogens is 288 g/mol. The van der Waals surface area contributed by atoms with E-state index in [1.807, 2.05) is 32.9 Å². The minimum Gasteiger partial charge on any atom is -0.444 e. The lowest BCUT2D eigenvalue weighted by Gasteiger charge is -2.32. The SMILES string of the molecule is CC(C)(C)OC(=O)N1CCC([S@](=O)c2ccccn2)CC1. The van der Waals surface area contributed by atoms with Gasteiger partial charge in [0.1, 0.15) is 10.6 Å². The molecule has 1 aromatic heterocycles. The van der Waals surface area contributed by atoms with Crippen molar-refractivity contribution in [3.63, 3.8) is 0 Å². The lowest BCUT2D eigenvalue weighted by atomic mass is 10.1. The van der Waals surface area contributed by atoms with Crippen LogP contribution in [0.1, 0.15) is 33.6 Å². The molecule has 0 aliphatic carbocycles. The van der Waals surface area contributed by atoms with Crippen molar-refractivity contribution in [2.45, 2.75) is 49.5 Å². The van der Waals surface area contributed by atoms with Crippen LogP contribution in [0, 0.1) is 0 Å². The summed E-state index contributed by atoms with van der Waals surface area (Å²) in [6, 6.07) is 5.44. The number of nitrogens with zero attached hydrogens (tertiary/aromatic N) is 2. The Labute approximate surface area is 128 Å². The first kappa shape index (κ1) is 15.9. The van der Waals surface area contributed by atoms with E-state index in [0.29, 0.717) is 31.0 Å². The fraction of sp³-hybridized carbons (Fsp3) is 0.600. The summed E-state index contributed by atoms with van der Waals surface area (Å²) >= 11 is 0. The Balaban J connectivity index is 1.89. The summed E-state index contributed by atoms with van der Waals surface area (Å²) in [5.41, 5.74) is -0.481. The summed E-state index contributed by atoms with van der Waals surface area (Å²) in [4.78, 5) is 17.8. The zero-order valence-electron chi connectivity index (χ0n) is 12.7. The molecular formula is C15H22N2O3S. The number of likely N-dealkylation sites (tertiary alicyclic amines) is 1. The third-order valence-corrected chi connectivity index (χ3v) is 4.97. The number of hydrogen-bond donors (Lipinski definition) is 0. The number of ether oxygens (including phenoxy) is 1. The molecule has 1 aliphatic rings. The highest BCUT2D eigenvalue weighted by molar-refractivity contribution is 7.85. The third-order valence-electron chi connectivity index (χ3n) is 3.24. The molecule has 5 nitrogen and oxygen atoms in total. The topological polar surface area (TPSA) is 59.5 Å². The second-order valence-electron chi connectivity index (χ2n) is 6.13. The van der Waals surface area contributed by atoms with Gasteiger partial charge in [-0.25, -0.2) is 9.78 Å². The standard InChI is InChI=1S/C15H22N2O3S/c1-15(2,3)20-14(18)17-10-7-12(8-11-17)21(19)13-6-4-5-9-16-13/h4-6,9,12H,7-8,10-11H2,1-3H3/t21-/m0/s1. The number of rotatable bonds is 2. The molecule has 6 heteroatoms. The van der Waals surface area contributed by atoms with Crippen LogP contribution in [0.15, 0.2) is 29.4 Å². The normalized spacial score (nSPS) is 18.3. The van der Waals surface area contributed by atoms with Gasteiger partial charge in [0.15, 0.2) is 0 Å². The molecule has 0 saturated carbocycles. The van der Waals surface area contributed by atoms with Crippen LogP contribution in [0.3, 0.4) is 0 Å². The largest absolute Gasteiger partial charge is 0.444 e. The monoisotopic (exact) mass is 310 g/mol. The van der Waals surface area contributed by atoms with Gasteiger partial charge in [-0.3, -0.25) is 4.21 Å². The smallest absolute Gasteiger partial charge is 0.410 e. The zero-order valence-corrected chi connectivity index (χ0v) is 13.6. The Morgan fingerprint density at radius 2 is 2.00 bits per heavy atom. The van der Waals surface area contributed by atoms with Gasteiger partial charge >= 0.3 is 6.09 Å². The highest BCUT2D eigenvalue weighted by Gasteiger charge is 2.30. The van der Waals surface area contributed by atoms with Crippen molar-refractivity contribution < 1.29 is 13.7 Å². The first-order chi connectivity index (χ1) is 9.87. The van der Waals surface area contributed by atoms with E-state index in [-0.39, 0.29) is 11.3 Å². The molecule has 0 radical (unpaired) electrons. The molecule has 1 saturated heterocycles. The average molecular weight is 310 g/mol. The predicted octanol–water partition coefficient (Wildman–Crippen LogP) is 2.59. The summed E-state index contributed by atoms with van der Waals surface area (Å²) in [6.45, 7) is 6.73. The third kappa shape index (κ3) is 4.52. The van der Waals surface area contributed by atoms with Crippen molar-refractivity contribution in [2.24, 2.45) is 0 Å². The number of piperidine rings is 1. The predicted molar refractivity (Wildman–Crippen MR) is 81.5 cm³/mol. The van der Waals surface area contributed by atoms with Crippen LogP contribution in [0.4, 0.5) is 4.79 Å². The molecule has 2 rings (SSSR count).